The minimum absolute atomic E-state index is 0.147. The van der Waals surface area contributed by atoms with Crippen LogP contribution in [-0.4, -0.2) is 23.7 Å². The van der Waals surface area contributed by atoms with Crippen LogP contribution < -0.4 is 9.47 Å². The molecular weight excluding hydrogens is 263 g/mol. The Morgan fingerprint density at radius 3 is 2.47 bits per heavy atom. The summed E-state index contributed by atoms with van der Waals surface area (Å²) in [6.45, 7) is 1.39. The predicted octanol–water partition coefficient (Wildman–Crippen LogP) is 2.68. The number of alkyl halides is 3. The van der Waals surface area contributed by atoms with Crippen molar-refractivity contribution in [3.05, 3.63) is 17.5 Å². The number of rotatable bonds is 3. The highest BCUT2D eigenvalue weighted by atomic mass is 35.5. The van der Waals surface area contributed by atoms with Crippen LogP contribution in [0.2, 0.25) is 0 Å². The van der Waals surface area contributed by atoms with Gasteiger partial charge in [0.05, 0.1) is 7.11 Å². The second-order valence-corrected chi connectivity index (χ2v) is 3.31. The Labute approximate surface area is 99.3 Å². The summed E-state index contributed by atoms with van der Waals surface area (Å²) in [5, 5.41) is -1.03. The van der Waals surface area contributed by atoms with E-state index >= 15 is 0 Å². The number of pyridine rings is 1. The van der Waals surface area contributed by atoms with Crippen molar-refractivity contribution in [1.29, 1.82) is 0 Å². The molecular formula is C9H7ClF3NO3. The van der Waals surface area contributed by atoms with Crippen LogP contribution in [0.15, 0.2) is 6.07 Å². The molecule has 0 bridgehead atoms. The summed E-state index contributed by atoms with van der Waals surface area (Å²) in [4.78, 5) is 14.7. The molecule has 0 spiro atoms. The Kier molecular flexibility index (Phi) is 3.82. The standard InChI is InChI=1S/C9H7ClF3NO3/c1-4-3-5(17-9(11,12)13)7(16-2)6(14-4)8(10)15/h3H,1-2H3. The average Bonchev–Trinajstić information content (AvgIpc) is 2.14. The van der Waals surface area contributed by atoms with Crippen molar-refractivity contribution in [2.45, 2.75) is 13.3 Å². The second kappa shape index (κ2) is 4.79. The molecule has 0 saturated heterocycles. The molecule has 0 N–H and O–H groups in total. The number of aromatic nitrogens is 1. The van der Waals surface area contributed by atoms with E-state index in [4.69, 9.17) is 11.6 Å². The van der Waals surface area contributed by atoms with Crippen molar-refractivity contribution >= 4 is 16.8 Å². The molecule has 0 amide bonds. The first-order valence-electron chi connectivity index (χ1n) is 4.26. The quantitative estimate of drug-likeness (QED) is 0.792. The fourth-order valence-electron chi connectivity index (χ4n) is 1.16. The van der Waals surface area contributed by atoms with Gasteiger partial charge in [-0.15, -0.1) is 13.2 Å². The largest absolute Gasteiger partial charge is 0.573 e. The van der Waals surface area contributed by atoms with Crippen molar-refractivity contribution in [3.8, 4) is 11.5 Å². The molecule has 1 rings (SSSR count). The summed E-state index contributed by atoms with van der Waals surface area (Å²) in [6, 6.07) is 0.996. The molecule has 1 heterocycles. The van der Waals surface area contributed by atoms with Gasteiger partial charge in [-0.3, -0.25) is 4.79 Å². The van der Waals surface area contributed by atoms with E-state index in [9.17, 15) is 18.0 Å². The predicted molar refractivity (Wildman–Crippen MR) is 52.4 cm³/mol. The van der Waals surface area contributed by atoms with E-state index < -0.39 is 28.8 Å². The normalized spacial score (nSPS) is 11.2. The molecule has 94 valence electrons. The summed E-state index contributed by atoms with van der Waals surface area (Å²) < 4.78 is 44.7. The Morgan fingerprint density at radius 1 is 1.47 bits per heavy atom. The van der Waals surface area contributed by atoms with Gasteiger partial charge in [0.1, 0.15) is 0 Å². The zero-order valence-electron chi connectivity index (χ0n) is 8.76. The highest BCUT2D eigenvalue weighted by molar-refractivity contribution is 6.67. The Balaban J connectivity index is 3.33. The minimum atomic E-state index is -4.90. The smallest absolute Gasteiger partial charge is 0.491 e. The summed E-state index contributed by atoms with van der Waals surface area (Å²) in [6.07, 6.45) is -4.90. The Bertz CT molecular complexity index is 448. The Hall–Kier alpha value is -1.50. The van der Waals surface area contributed by atoms with E-state index in [0.29, 0.717) is 0 Å². The SMILES string of the molecule is COc1c(OC(F)(F)F)cc(C)nc1C(=O)Cl. The van der Waals surface area contributed by atoms with Crippen LogP contribution in [0.3, 0.4) is 0 Å². The second-order valence-electron chi connectivity index (χ2n) is 2.97. The van der Waals surface area contributed by atoms with Gasteiger partial charge < -0.3 is 9.47 Å². The molecule has 0 aliphatic carbocycles. The monoisotopic (exact) mass is 269 g/mol. The van der Waals surface area contributed by atoms with Crippen LogP contribution in [0.25, 0.3) is 0 Å². The number of nitrogens with zero attached hydrogens (tertiary/aromatic N) is 1. The van der Waals surface area contributed by atoms with Crippen molar-refractivity contribution in [1.82, 2.24) is 4.98 Å². The van der Waals surface area contributed by atoms with Crippen LogP contribution in [-0.2, 0) is 0 Å². The lowest BCUT2D eigenvalue weighted by Gasteiger charge is -2.14. The molecule has 0 aliphatic rings. The zero-order chi connectivity index (χ0) is 13.2. The molecule has 4 nitrogen and oxygen atoms in total. The number of hydrogen-bond acceptors (Lipinski definition) is 4. The first-order chi connectivity index (χ1) is 7.74. The van der Waals surface area contributed by atoms with Crippen molar-refractivity contribution in [3.63, 3.8) is 0 Å². The molecule has 0 atom stereocenters. The maximum Gasteiger partial charge on any atom is 0.573 e. The van der Waals surface area contributed by atoms with Gasteiger partial charge in [0.15, 0.2) is 17.2 Å². The van der Waals surface area contributed by atoms with Crippen molar-refractivity contribution in [2.75, 3.05) is 7.11 Å². The van der Waals surface area contributed by atoms with Gasteiger partial charge in [0, 0.05) is 11.8 Å². The van der Waals surface area contributed by atoms with Gasteiger partial charge in [-0.25, -0.2) is 4.98 Å². The molecule has 1 aromatic rings. The maximum atomic E-state index is 12.1. The number of hydrogen-bond donors (Lipinski definition) is 0. The molecule has 0 aromatic carbocycles. The summed E-state index contributed by atoms with van der Waals surface area (Å²) in [5.41, 5.74) is -0.275. The summed E-state index contributed by atoms with van der Waals surface area (Å²) in [5.74, 6) is -1.11. The van der Waals surface area contributed by atoms with Crippen LogP contribution in [0.1, 0.15) is 16.2 Å². The molecule has 8 heteroatoms. The van der Waals surface area contributed by atoms with E-state index in [1.54, 1.807) is 0 Å². The third-order valence-electron chi connectivity index (χ3n) is 1.68. The molecule has 0 unspecified atom stereocenters. The van der Waals surface area contributed by atoms with Gasteiger partial charge >= 0.3 is 6.36 Å². The minimum Gasteiger partial charge on any atom is -0.491 e. The number of carbonyl (C=O) groups is 1. The average molecular weight is 270 g/mol. The lowest BCUT2D eigenvalue weighted by atomic mass is 10.2. The highest BCUT2D eigenvalue weighted by Gasteiger charge is 2.34. The third-order valence-corrected chi connectivity index (χ3v) is 1.86. The topological polar surface area (TPSA) is 48.4 Å². The van der Waals surface area contributed by atoms with Crippen LogP contribution in [0.5, 0.6) is 11.5 Å². The molecule has 0 radical (unpaired) electrons. The van der Waals surface area contributed by atoms with Gasteiger partial charge in [-0.1, -0.05) is 0 Å². The number of aryl methyl sites for hydroxylation is 1. The number of ether oxygens (including phenoxy) is 2. The third kappa shape index (κ3) is 3.48. The van der Waals surface area contributed by atoms with Gasteiger partial charge in [0.25, 0.3) is 5.24 Å². The first kappa shape index (κ1) is 13.6. The van der Waals surface area contributed by atoms with E-state index in [-0.39, 0.29) is 5.69 Å². The van der Waals surface area contributed by atoms with E-state index in [1.165, 1.54) is 6.92 Å². The molecule has 0 fully saturated rings. The van der Waals surface area contributed by atoms with Crippen LogP contribution in [0, 0.1) is 6.92 Å². The Morgan fingerprint density at radius 2 is 2.06 bits per heavy atom. The zero-order valence-corrected chi connectivity index (χ0v) is 9.52. The van der Waals surface area contributed by atoms with E-state index in [0.717, 1.165) is 13.2 Å². The molecule has 0 saturated carbocycles. The van der Waals surface area contributed by atoms with Gasteiger partial charge in [-0.2, -0.15) is 0 Å². The van der Waals surface area contributed by atoms with Crippen molar-refractivity contribution < 1.29 is 27.4 Å². The first-order valence-corrected chi connectivity index (χ1v) is 4.63. The number of methoxy groups -OCH3 is 1. The maximum absolute atomic E-state index is 12.1. The summed E-state index contributed by atoms with van der Waals surface area (Å²) in [7, 11) is 1.08. The lowest BCUT2D eigenvalue weighted by Crippen LogP contribution is -2.18. The molecule has 17 heavy (non-hydrogen) atoms. The van der Waals surface area contributed by atoms with Gasteiger partial charge in [0.2, 0.25) is 0 Å². The van der Waals surface area contributed by atoms with E-state index in [1.807, 2.05) is 0 Å². The fourth-order valence-corrected chi connectivity index (χ4v) is 1.29. The van der Waals surface area contributed by atoms with Crippen LogP contribution >= 0.6 is 11.6 Å². The van der Waals surface area contributed by atoms with E-state index in [2.05, 4.69) is 14.5 Å². The number of carbonyl (C=O) groups excluding carboxylic acids is 1. The summed E-state index contributed by atoms with van der Waals surface area (Å²) >= 11 is 5.18. The number of halogens is 4. The molecule has 0 aliphatic heterocycles. The lowest BCUT2D eigenvalue weighted by molar-refractivity contribution is -0.275. The fraction of sp³-hybridized carbons (Fsp3) is 0.333. The van der Waals surface area contributed by atoms with Crippen LogP contribution in [0.4, 0.5) is 13.2 Å². The molecule has 1 aromatic heterocycles. The highest BCUT2D eigenvalue weighted by Crippen LogP contribution is 2.35. The van der Waals surface area contributed by atoms with Gasteiger partial charge in [-0.05, 0) is 18.5 Å². The van der Waals surface area contributed by atoms with Crippen molar-refractivity contribution in [2.24, 2.45) is 0 Å².